The zero-order valence-electron chi connectivity index (χ0n) is 16.0. The molecule has 0 aromatic heterocycles. The summed E-state index contributed by atoms with van der Waals surface area (Å²) < 4.78 is 5.46. The van der Waals surface area contributed by atoms with Gasteiger partial charge in [-0.1, -0.05) is 25.1 Å². The van der Waals surface area contributed by atoms with Gasteiger partial charge in [0, 0.05) is 17.0 Å². The summed E-state index contributed by atoms with van der Waals surface area (Å²) in [4.78, 5) is 14.0. The molecule has 2 aliphatic rings. The number of nitrogens with zero attached hydrogens (tertiary/aromatic N) is 1. The summed E-state index contributed by atoms with van der Waals surface area (Å²) in [5.41, 5.74) is 7.39. The summed E-state index contributed by atoms with van der Waals surface area (Å²) in [6.07, 6.45) is 1.54. The molecule has 4 rings (SSSR count). The summed E-state index contributed by atoms with van der Waals surface area (Å²) >= 11 is 0. The second-order valence-electron chi connectivity index (χ2n) is 8.02. The molecule has 0 saturated carbocycles. The Bertz CT molecular complexity index is 912. The molecule has 1 amide bonds. The summed E-state index contributed by atoms with van der Waals surface area (Å²) in [5, 5.41) is 12.2. The predicted molar refractivity (Wildman–Crippen MR) is 104 cm³/mol. The summed E-state index contributed by atoms with van der Waals surface area (Å²) in [6, 6.07) is 13.2. The summed E-state index contributed by atoms with van der Waals surface area (Å²) in [6.45, 7) is 3.02. The van der Waals surface area contributed by atoms with Gasteiger partial charge in [0.2, 0.25) is 5.91 Å². The van der Waals surface area contributed by atoms with Crippen molar-refractivity contribution in [3.8, 4) is 5.75 Å². The molecule has 1 heterocycles. The molecule has 27 heavy (non-hydrogen) atoms. The number of fused-ring (bicyclic) bond motifs is 4. The van der Waals surface area contributed by atoms with Crippen molar-refractivity contribution in [2.45, 2.75) is 36.8 Å². The molecule has 142 valence electrons. The van der Waals surface area contributed by atoms with E-state index < -0.39 is 16.9 Å². The maximum Gasteiger partial charge on any atom is 0.248 e. The van der Waals surface area contributed by atoms with E-state index in [1.54, 1.807) is 25.3 Å². The molecule has 2 aromatic rings. The fraction of sp³-hybridized carbons (Fsp3) is 0.409. The normalized spacial score (nSPS) is 29.9. The number of likely N-dealkylation sites (tertiary alicyclic amines) is 1. The van der Waals surface area contributed by atoms with Crippen molar-refractivity contribution in [2.24, 2.45) is 5.73 Å². The molecule has 1 aliphatic carbocycles. The number of carbonyl (C=O) groups excluding carboxylic acids is 1. The summed E-state index contributed by atoms with van der Waals surface area (Å²) in [5.74, 6) is 0.308. The smallest absolute Gasteiger partial charge is 0.248 e. The SMILES string of the molecule is COc1ccc2c(c1)[C@]1(C)CCN(C)C(C2)[C@]1(O)c1cccc(C(N)=O)c1. The quantitative estimate of drug-likeness (QED) is 0.873. The Morgan fingerprint density at radius 2 is 2.07 bits per heavy atom. The molecule has 1 saturated heterocycles. The van der Waals surface area contributed by atoms with Crippen molar-refractivity contribution in [1.82, 2.24) is 4.90 Å². The Labute approximate surface area is 159 Å². The average molecular weight is 366 g/mol. The van der Waals surface area contributed by atoms with Gasteiger partial charge in [-0.25, -0.2) is 0 Å². The minimum Gasteiger partial charge on any atom is -0.497 e. The predicted octanol–water partition coefficient (Wildman–Crippen LogP) is 2.20. The van der Waals surface area contributed by atoms with Crippen LogP contribution in [0, 0.1) is 0 Å². The van der Waals surface area contributed by atoms with E-state index in [1.165, 1.54) is 5.56 Å². The number of methoxy groups -OCH3 is 1. The number of hydrogen-bond acceptors (Lipinski definition) is 4. The van der Waals surface area contributed by atoms with Crippen LogP contribution >= 0.6 is 0 Å². The first kappa shape index (κ1) is 18.0. The Hall–Kier alpha value is -2.37. The number of nitrogens with two attached hydrogens (primary N) is 1. The van der Waals surface area contributed by atoms with E-state index in [1.807, 2.05) is 12.1 Å². The molecule has 2 bridgehead atoms. The van der Waals surface area contributed by atoms with Gasteiger partial charge in [0.05, 0.1) is 7.11 Å². The number of aliphatic hydroxyl groups is 1. The second-order valence-corrected chi connectivity index (χ2v) is 8.02. The molecule has 1 unspecified atom stereocenters. The number of piperidine rings is 1. The lowest BCUT2D eigenvalue weighted by molar-refractivity contribution is -0.141. The molecule has 0 spiro atoms. The number of benzene rings is 2. The van der Waals surface area contributed by atoms with Crippen molar-refractivity contribution in [1.29, 1.82) is 0 Å². The highest BCUT2D eigenvalue weighted by molar-refractivity contribution is 5.93. The van der Waals surface area contributed by atoms with Gasteiger partial charge >= 0.3 is 0 Å². The molecule has 5 nitrogen and oxygen atoms in total. The molecular formula is C22H26N2O3. The first-order chi connectivity index (χ1) is 12.8. The first-order valence-electron chi connectivity index (χ1n) is 9.31. The van der Waals surface area contributed by atoms with Crippen LogP contribution in [-0.2, 0) is 17.4 Å². The lowest BCUT2D eigenvalue weighted by atomic mass is 9.53. The van der Waals surface area contributed by atoms with Crippen LogP contribution < -0.4 is 10.5 Å². The van der Waals surface area contributed by atoms with Crippen molar-refractivity contribution < 1.29 is 14.6 Å². The average Bonchev–Trinajstić information content (AvgIpc) is 2.67. The maximum atomic E-state index is 12.2. The zero-order chi connectivity index (χ0) is 19.4. The minimum absolute atomic E-state index is 0.0831. The van der Waals surface area contributed by atoms with Crippen molar-refractivity contribution >= 4 is 5.91 Å². The van der Waals surface area contributed by atoms with Crippen LogP contribution in [0.4, 0.5) is 0 Å². The number of hydrogen-bond donors (Lipinski definition) is 2. The van der Waals surface area contributed by atoms with Gasteiger partial charge < -0.3 is 15.6 Å². The van der Waals surface area contributed by atoms with Crippen LogP contribution in [0.5, 0.6) is 5.75 Å². The lowest BCUT2D eigenvalue weighted by Crippen LogP contribution is -2.67. The third kappa shape index (κ3) is 2.42. The molecule has 1 fully saturated rings. The Morgan fingerprint density at radius 3 is 2.78 bits per heavy atom. The Kier molecular flexibility index (Phi) is 4.05. The number of amides is 1. The zero-order valence-corrected chi connectivity index (χ0v) is 16.0. The highest BCUT2D eigenvalue weighted by atomic mass is 16.5. The van der Waals surface area contributed by atoms with Crippen LogP contribution in [0.3, 0.4) is 0 Å². The number of ether oxygens (including phenoxy) is 1. The lowest BCUT2D eigenvalue weighted by Gasteiger charge is -2.60. The van der Waals surface area contributed by atoms with Crippen LogP contribution in [0.1, 0.15) is 40.4 Å². The molecular weight excluding hydrogens is 340 g/mol. The highest BCUT2D eigenvalue weighted by Crippen LogP contribution is 2.56. The third-order valence-corrected chi connectivity index (χ3v) is 6.73. The van der Waals surface area contributed by atoms with Crippen LogP contribution in [-0.4, -0.2) is 42.7 Å². The van der Waals surface area contributed by atoms with E-state index in [4.69, 9.17) is 10.5 Å². The van der Waals surface area contributed by atoms with Gasteiger partial charge in [0.25, 0.3) is 0 Å². The van der Waals surface area contributed by atoms with E-state index in [-0.39, 0.29) is 6.04 Å². The molecule has 3 atom stereocenters. The fourth-order valence-electron chi connectivity index (χ4n) is 5.08. The standard InChI is InChI=1S/C22H26N2O3/c1-21-9-10-24(2)19(12-14-7-8-17(27-3)13-18(14)21)22(21,26)16-6-4-5-15(11-16)20(23)25/h4-8,11,13,19,26H,9-10,12H2,1-3H3,(H2,23,25)/t19?,21-,22+/m0/s1. The van der Waals surface area contributed by atoms with Gasteiger partial charge in [-0.3, -0.25) is 9.69 Å². The largest absolute Gasteiger partial charge is 0.497 e. The van der Waals surface area contributed by atoms with Crippen molar-refractivity contribution in [3.05, 3.63) is 64.7 Å². The van der Waals surface area contributed by atoms with E-state index >= 15 is 0 Å². The van der Waals surface area contributed by atoms with Gasteiger partial charge in [-0.2, -0.15) is 0 Å². The van der Waals surface area contributed by atoms with Crippen molar-refractivity contribution in [3.63, 3.8) is 0 Å². The van der Waals surface area contributed by atoms with E-state index in [2.05, 4.69) is 31.0 Å². The third-order valence-electron chi connectivity index (χ3n) is 6.73. The van der Waals surface area contributed by atoms with Crippen LogP contribution in [0.15, 0.2) is 42.5 Å². The molecule has 5 heteroatoms. The van der Waals surface area contributed by atoms with E-state index in [0.717, 1.165) is 36.3 Å². The molecule has 2 aromatic carbocycles. The van der Waals surface area contributed by atoms with Crippen molar-refractivity contribution in [2.75, 3.05) is 20.7 Å². The maximum absolute atomic E-state index is 12.2. The fourth-order valence-corrected chi connectivity index (χ4v) is 5.08. The van der Waals surface area contributed by atoms with Gasteiger partial charge in [-0.05, 0) is 67.4 Å². The topological polar surface area (TPSA) is 75.8 Å². The number of primary amides is 1. The summed E-state index contributed by atoms with van der Waals surface area (Å²) in [7, 11) is 3.72. The number of likely N-dealkylation sites (N-methyl/N-ethyl adjacent to an activating group) is 1. The first-order valence-corrected chi connectivity index (χ1v) is 9.31. The van der Waals surface area contributed by atoms with Gasteiger partial charge in [0.15, 0.2) is 0 Å². The number of rotatable bonds is 3. The number of carbonyl (C=O) groups is 1. The van der Waals surface area contributed by atoms with Crippen LogP contribution in [0.2, 0.25) is 0 Å². The van der Waals surface area contributed by atoms with E-state index in [9.17, 15) is 9.90 Å². The monoisotopic (exact) mass is 366 g/mol. The van der Waals surface area contributed by atoms with Gasteiger partial charge in [-0.15, -0.1) is 0 Å². The molecule has 0 radical (unpaired) electrons. The Balaban J connectivity index is 1.96. The highest BCUT2D eigenvalue weighted by Gasteiger charge is 2.60. The van der Waals surface area contributed by atoms with Gasteiger partial charge in [0.1, 0.15) is 11.4 Å². The second kappa shape index (κ2) is 6.08. The molecule has 1 aliphatic heterocycles. The Morgan fingerprint density at radius 1 is 1.30 bits per heavy atom. The van der Waals surface area contributed by atoms with Crippen LogP contribution in [0.25, 0.3) is 0 Å². The van der Waals surface area contributed by atoms with E-state index in [0.29, 0.717) is 5.56 Å². The minimum atomic E-state index is -1.13. The molecule has 3 N–H and O–H groups in total.